The molecular weight excluding hydrogens is 294 g/mol. The van der Waals surface area contributed by atoms with Gasteiger partial charge in [0.25, 0.3) is 0 Å². The second kappa shape index (κ2) is 6.16. The number of pyridine rings is 2. The van der Waals surface area contributed by atoms with Crippen LogP contribution in [-0.2, 0) is 7.05 Å². The molecular formula is C16H15N5S. The molecule has 3 heterocycles. The number of aromatic nitrogens is 4. The average molecular weight is 309 g/mol. The predicted molar refractivity (Wildman–Crippen MR) is 87.4 cm³/mol. The van der Waals surface area contributed by atoms with Gasteiger partial charge in [0.15, 0.2) is 5.65 Å². The van der Waals surface area contributed by atoms with E-state index in [0.717, 1.165) is 38.8 Å². The Morgan fingerprint density at radius 1 is 1.36 bits per heavy atom. The lowest BCUT2D eigenvalue weighted by atomic mass is 10.2. The summed E-state index contributed by atoms with van der Waals surface area (Å²) in [5, 5.41) is 8.69. The normalized spacial score (nSPS) is 10.8. The Bertz CT molecular complexity index is 863. The summed E-state index contributed by atoms with van der Waals surface area (Å²) in [6.45, 7) is 2.01. The maximum Gasteiger partial charge on any atom is 0.160 e. The van der Waals surface area contributed by atoms with E-state index in [0.29, 0.717) is 6.42 Å². The number of rotatable bonds is 4. The number of nitriles is 1. The average Bonchev–Trinajstić information content (AvgIpc) is 2.84. The smallest absolute Gasteiger partial charge is 0.160 e. The molecule has 0 aliphatic heterocycles. The van der Waals surface area contributed by atoms with Gasteiger partial charge < -0.3 is 4.57 Å². The van der Waals surface area contributed by atoms with Crippen molar-refractivity contribution in [2.75, 3.05) is 5.75 Å². The van der Waals surface area contributed by atoms with Gasteiger partial charge in [0.2, 0.25) is 0 Å². The van der Waals surface area contributed by atoms with Gasteiger partial charge in [-0.15, -0.1) is 11.8 Å². The molecule has 0 aromatic carbocycles. The molecule has 0 atom stereocenters. The molecule has 0 amide bonds. The Morgan fingerprint density at radius 3 is 3.05 bits per heavy atom. The number of hydrogen-bond donors (Lipinski definition) is 0. The summed E-state index contributed by atoms with van der Waals surface area (Å²) in [6.07, 6.45) is 5.96. The number of thioether (sulfide) groups is 1. The summed E-state index contributed by atoms with van der Waals surface area (Å²) in [5.74, 6) is 1.62. The molecule has 6 heteroatoms. The van der Waals surface area contributed by atoms with Crippen molar-refractivity contribution >= 4 is 22.9 Å². The molecule has 0 radical (unpaired) electrons. The van der Waals surface area contributed by atoms with E-state index in [2.05, 4.69) is 16.0 Å². The Labute approximate surface area is 133 Å². The number of nitrogens with zero attached hydrogens (tertiary/aromatic N) is 5. The zero-order valence-electron chi connectivity index (χ0n) is 12.4. The minimum absolute atomic E-state index is 0.516. The van der Waals surface area contributed by atoms with Crippen LogP contribution in [0, 0.1) is 18.3 Å². The molecule has 5 nitrogen and oxygen atoms in total. The molecule has 3 rings (SSSR count). The molecule has 0 unspecified atom stereocenters. The second-order valence-electron chi connectivity index (χ2n) is 4.98. The summed E-state index contributed by atoms with van der Waals surface area (Å²) in [4.78, 5) is 14.4. The topological polar surface area (TPSA) is 67.4 Å². The van der Waals surface area contributed by atoms with E-state index in [1.165, 1.54) is 0 Å². The molecule has 0 saturated heterocycles. The molecule has 110 valence electrons. The maximum atomic E-state index is 8.69. The first-order valence-electron chi connectivity index (χ1n) is 6.94. The zero-order valence-corrected chi connectivity index (χ0v) is 13.3. The van der Waals surface area contributed by atoms with Gasteiger partial charge in [0.05, 0.1) is 6.07 Å². The lowest BCUT2D eigenvalue weighted by Gasteiger charge is -2.07. The number of fused-ring (bicyclic) bond motifs is 1. The van der Waals surface area contributed by atoms with Gasteiger partial charge in [-0.3, -0.25) is 4.98 Å². The Morgan fingerprint density at radius 2 is 2.23 bits per heavy atom. The monoisotopic (exact) mass is 309 g/mol. The van der Waals surface area contributed by atoms with Crippen molar-refractivity contribution in [1.29, 1.82) is 5.26 Å². The van der Waals surface area contributed by atoms with Gasteiger partial charge in [0, 0.05) is 48.3 Å². The summed E-state index contributed by atoms with van der Waals surface area (Å²) < 4.78 is 2.00. The molecule has 22 heavy (non-hydrogen) atoms. The number of hydrogen-bond acceptors (Lipinski definition) is 5. The van der Waals surface area contributed by atoms with Crippen molar-refractivity contribution in [3.05, 3.63) is 36.3 Å². The van der Waals surface area contributed by atoms with Crippen LogP contribution in [0.3, 0.4) is 0 Å². The lowest BCUT2D eigenvalue weighted by Crippen LogP contribution is -1.96. The Balaban J connectivity index is 2.08. The highest BCUT2D eigenvalue weighted by atomic mass is 32.2. The minimum atomic E-state index is 0.516. The van der Waals surface area contributed by atoms with E-state index in [9.17, 15) is 0 Å². The van der Waals surface area contributed by atoms with Crippen molar-refractivity contribution in [2.24, 2.45) is 7.05 Å². The van der Waals surface area contributed by atoms with Crippen molar-refractivity contribution in [3.63, 3.8) is 0 Å². The summed E-state index contributed by atoms with van der Waals surface area (Å²) in [5.41, 5.74) is 3.87. The van der Waals surface area contributed by atoms with E-state index in [1.54, 1.807) is 18.0 Å². The van der Waals surface area contributed by atoms with E-state index in [4.69, 9.17) is 10.2 Å². The van der Waals surface area contributed by atoms with Gasteiger partial charge in [-0.1, -0.05) is 0 Å². The fraction of sp³-hybridized carbons (Fsp3) is 0.250. The Hall–Kier alpha value is -2.39. The van der Waals surface area contributed by atoms with Crippen LogP contribution in [0.25, 0.3) is 22.6 Å². The molecule has 0 aliphatic carbocycles. The summed E-state index contributed by atoms with van der Waals surface area (Å²) >= 11 is 1.63. The van der Waals surface area contributed by atoms with Crippen molar-refractivity contribution in [1.82, 2.24) is 19.5 Å². The third kappa shape index (κ3) is 2.68. The largest absolute Gasteiger partial charge is 0.312 e. The molecule has 0 spiro atoms. The van der Waals surface area contributed by atoms with Crippen LogP contribution in [-0.4, -0.2) is 25.3 Å². The standard InChI is InChI=1S/C16H15N5S/c1-11-8-13-16(19-9-11)21(2)15(20-13)12-4-6-18-10-14(12)22-7-3-5-17/h4,6,8-10H,3,7H2,1-2H3. The van der Waals surface area contributed by atoms with Crippen LogP contribution >= 0.6 is 11.8 Å². The van der Waals surface area contributed by atoms with Gasteiger partial charge >= 0.3 is 0 Å². The number of imidazole rings is 1. The van der Waals surface area contributed by atoms with Crippen LogP contribution in [0.1, 0.15) is 12.0 Å². The Kier molecular flexibility index (Phi) is 4.07. The van der Waals surface area contributed by atoms with Crippen LogP contribution in [0.2, 0.25) is 0 Å². The highest BCUT2D eigenvalue weighted by molar-refractivity contribution is 7.99. The molecule has 0 saturated carbocycles. The first-order valence-corrected chi connectivity index (χ1v) is 7.92. The highest BCUT2D eigenvalue weighted by Gasteiger charge is 2.14. The third-order valence-corrected chi connectivity index (χ3v) is 4.39. The zero-order chi connectivity index (χ0) is 15.5. The van der Waals surface area contributed by atoms with Gasteiger partial charge in [-0.2, -0.15) is 5.26 Å². The summed E-state index contributed by atoms with van der Waals surface area (Å²) in [6, 6.07) is 6.16. The first kappa shape index (κ1) is 14.5. The molecule has 0 N–H and O–H groups in total. The lowest BCUT2D eigenvalue weighted by molar-refractivity contribution is 0.936. The van der Waals surface area contributed by atoms with E-state index in [-0.39, 0.29) is 0 Å². The highest BCUT2D eigenvalue weighted by Crippen LogP contribution is 2.31. The van der Waals surface area contributed by atoms with E-state index < -0.39 is 0 Å². The van der Waals surface area contributed by atoms with Crippen molar-refractivity contribution < 1.29 is 0 Å². The first-order chi connectivity index (χ1) is 10.7. The third-order valence-electron chi connectivity index (χ3n) is 3.34. The fourth-order valence-electron chi connectivity index (χ4n) is 2.30. The van der Waals surface area contributed by atoms with Crippen LogP contribution in [0.15, 0.2) is 35.6 Å². The van der Waals surface area contributed by atoms with Gasteiger partial charge in [-0.05, 0) is 24.6 Å². The number of aryl methyl sites for hydroxylation is 2. The van der Waals surface area contributed by atoms with Crippen LogP contribution in [0.4, 0.5) is 0 Å². The maximum absolute atomic E-state index is 8.69. The van der Waals surface area contributed by atoms with E-state index in [1.807, 2.05) is 43.1 Å². The van der Waals surface area contributed by atoms with Crippen molar-refractivity contribution in [3.8, 4) is 17.5 Å². The SMILES string of the molecule is Cc1cnc2c(c1)nc(-c1ccncc1SCCC#N)n2C. The molecule has 3 aromatic heterocycles. The van der Waals surface area contributed by atoms with Crippen LogP contribution in [0.5, 0.6) is 0 Å². The van der Waals surface area contributed by atoms with E-state index >= 15 is 0 Å². The second-order valence-corrected chi connectivity index (χ2v) is 6.11. The van der Waals surface area contributed by atoms with Crippen molar-refractivity contribution in [2.45, 2.75) is 18.2 Å². The molecule has 0 aliphatic rings. The molecule has 3 aromatic rings. The van der Waals surface area contributed by atoms with Gasteiger partial charge in [0.1, 0.15) is 11.3 Å². The summed E-state index contributed by atoms with van der Waals surface area (Å²) in [7, 11) is 1.97. The quantitative estimate of drug-likeness (QED) is 0.546. The van der Waals surface area contributed by atoms with Gasteiger partial charge in [-0.25, -0.2) is 9.97 Å². The predicted octanol–water partition coefficient (Wildman–Crippen LogP) is 3.34. The molecule has 0 fully saturated rings. The van der Waals surface area contributed by atoms with Crippen LogP contribution < -0.4 is 0 Å². The molecule has 0 bridgehead atoms. The minimum Gasteiger partial charge on any atom is -0.312 e. The fourth-order valence-corrected chi connectivity index (χ4v) is 3.17.